The van der Waals surface area contributed by atoms with Crippen LogP contribution in [0.4, 0.5) is 4.79 Å². The Hall–Kier alpha value is -2.04. The molecule has 1 saturated carbocycles. The number of carboxylic acids is 1. The minimum atomic E-state index is -0.805. The number of piperidine rings is 1. The summed E-state index contributed by atoms with van der Waals surface area (Å²) in [7, 11) is 0. The molecule has 0 radical (unpaired) electrons. The highest BCUT2D eigenvalue weighted by Gasteiger charge is 2.40. The van der Waals surface area contributed by atoms with Gasteiger partial charge in [0.1, 0.15) is 0 Å². The van der Waals surface area contributed by atoms with E-state index in [-0.39, 0.29) is 12.1 Å². The fourth-order valence-electron chi connectivity index (χ4n) is 3.04. The Bertz CT molecular complexity index is 532. The van der Waals surface area contributed by atoms with E-state index in [9.17, 15) is 9.59 Å². The molecule has 2 N–H and O–H groups in total. The third-order valence-electron chi connectivity index (χ3n) is 4.38. The van der Waals surface area contributed by atoms with E-state index in [1.54, 1.807) is 4.90 Å². The zero-order valence-corrected chi connectivity index (χ0v) is 11.9. The van der Waals surface area contributed by atoms with E-state index < -0.39 is 11.9 Å². The number of nitrogens with one attached hydrogen (secondary N) is 1. The largest absolute Gasteiger partial charge is 0.481 e. The normalized spacial score (nSPS) is 28.0. The van der Waals surface area contributed by atoms with Crippen molar-refractivity contribution in [2.45, 2.75) is 31.2 Å². The highest BCUT2D eigenvalue weighted by molar-refractivity contribution is 5.77. The molecule has 2 fully saturated rings. The SMILES string of the molecule is O=C(O)C1CCCN(C(=O)NC2CC2c2ccccc2)C1. The van der Waals surface area contributed by atoms with Gasteiger partial charge in [-0.1, -0.05) is 30.3 Å². The Labute approximate surface area is 123 Å². The molecule has 0 bridgehead atoms. The summed E-state index contributed by atoms with van der Waals surface area (Å²) in [5.41, 5.74) is 1.25. The fourth-order valence-corrected chi connectivity index (χ4v) is 3.04. The zero-order chi connectivity index (χ0) is 14.8. The summed E-state index contributed by atoms with van der Waals surface area (Å²) in [4.78, 5) is 24.9. The number of benzene rings is 1. The lowest BCUT2D eigenvalue weighted by Gasteiger charge is -2.30. The molecule has 112 valence electrons. The highest BCUT2D eigenvalue weighted by atomic mass is 16.4. The summed E-state index contributed by atoms with van der Waals surface area (Å²) < 4.78 is 0. The molecule has 1 aliphatic carbocycles. The van der Waals surface area contributed by atoms with Crippen molar-refractivity contribution in [3.63, 3.8) is 0 Å². The van der Waals surface area contributed by atoms with Crippen molar-refractivity contribution in [3.8, 4) is 0 Å². The summed E-state index contributed by atoms with van der Waals surface area (Å²) in [6.45, 7) is 0.974. The molecule has 3 atom stereocenters. The van der Waals surface area contributed by atoms with Gasteiger partial charge in [-0.25, -0.2) is 4.79 Å². The number of urea groups is 1. The van der Waals surface area contributed by atoms with Crippen LogP contribution < -0.4 is 5.32 Å². The van der Waals surface area contributed by atoms with Gasteiger partial charge in [0.25, 0.3) is 0 Å². The number of carbonyl (C=O) groups excluding carboxylic acids is 1. The van der Waals surface area contributed by atoms with E-state index in [0.29, 0.717) is 25.4 Å². The molecule has 0 aromatic heterocycles. The van der Waals surface area contributed by atoms with E-state index >= 15 is 0 Å². The van der Waals surface area contributed by atoms with Crippen LogP contribution in [0.5, 0.6) is 0 Å². The average Bonchev–Trinajstić information content (AvgIpc) is 3.27. The lowest BCUT2D eigenvalue weighted by atomic mass is 9.99. The summed E-state index contributed by atoms with van der Waals surface area (Å²) in [5.74, 6) is -0.829. The lowest BCUT2D eigenvalue weighted by Crippen LogP contribution is -2.47. The van der Waals surface area contributed by atoms with Gasteiger partial charge in [0.05, 0.1) is 5.92 Å². The highest BCUT2D eigenvalue weighted by Crippen LogP contribution is 2.40. The maximum Gasteiger partial charge on any atom is 0.317 e. The van der Waals surface area contributed by atoms with Gasteiger partial charge >= 0.3 is 12.0 Å². The van der Waals surface area contributed by atoms with Crippen molar-refractivity contribution >= 4 is 12.0 Å². The van der Waals surface area contributed by atoms with E-state index in [2.05, 4.69) is 17.4 Å². The van der Waals surface area contributed by atoms with Crippen LogP contribution in [0.2, 0.25) is 0 Å². The minimum Gasteiger partial charge on any atom is -0.481 e. The van der Waals surface area contributed by atoms with Gasteiger partial charge < -0.3 is 15.3 Å². The number of likely N-dealkylation sites (tertiary alicyclic amines) is 1. The molecule has 3 rings (SSSR count). The smallest absolute Gasteiger partial charge is 0.317 e. The molecule has 1 heterocycles. The van der Waals surface area contributed by atoms with Crippen LogP contribution in [-0.4, -0.2) is 41.1 Å². The second-order valence-electron chi connectivity index (χ2n) is 5.93. The Morgan fingerprint density at radius 3 is 2.71 bits per heavy atom. The third-order valence-corrected chi connectivity index (χ3v) is 4.38. The number of aliphatic carboxylic acids is 1. The van der Waals surface area contributed by atoms with Gasteiger partial charge in [-0.3, -0.25) is 4.79 Å². The molecule has 2 amide bonds. The van der Waals surface area contributed by atoms with Crippen LogP contribution in [0.15, 0.2) is 30.3 Å². The number of carbonyl (C=O) groups is 2. The standard InChI is InChI=1S/C16H20N2O3/c19-15(20)12-7-4-8-18(10-12)16(21)17-14-9-13(14)11-5-2-1-3-6-11/h1-3,5-6,12-14H,4,7-10H2,(H,17,21)(H,19,20). The number of rotatable bonds is 3. The summed E-state index contributed by atoms with van der Waals surface area (Å²) in [6.07, 6.45) is 2.39. The van der Waals surface area contributed by atoms with Crippen molar-refractivity contribution < 1.29 is 14.7 Å². The molecule has 21 heavy (non-hydrogen) atoms. The summed E-state index contributed by atoms with van der Waals surface area (Å²) >= 11 is 0. The van der Waals surface area contributed by atoms with Crippen LogP contribution in [-0.2, 0) is 4.79 Å². The third kappa shape index (κ3) is 3.17. The molecule has 1 saturated heterocycles. The van der Waals surface area contributed by atoms with Crippen molar-refractivity contribution in [3.05, 3.63) is 35.9 Å². The Balaban J connectivity index is 1.52. The van der Waals surface area contributed by atoms with Crippen molar-refractivity contribution in [2.75, 3.05) is 13.1 Å². The topological polar surface area (TPSA) is 69.6 Å². The predicted octanol–water partition coefficient (Wildman–Crippen LogP) is 2.05. The number of amides is 2. The van der Waals surface area contributed by atoms with Gasteiger partial charge in [-0.2, -0.15) is 0 Å². The molecular formula is C16H20N2O3. The first kappa shape index (κ1) is 13.9. The molecule has 2 aliphatic rings. The van der Waals surface area contributed by atoms with Crippen LogP contribution in [0, 0.1) is 5.92 Å². The van der Waals surface area contributed by atoms with E-state index in [4.69, 9.17) is 5.11 Å². The molecule has 0 spiro atoms. The Morgan fingerprint density at radius 2 is 2.00 bits per heavy atom. The van der Waals surface area contributed by atoms with Gasteiger partial charge in [-0.05, 0) is 24.8 Å². The van der Waals surface area contributed by atoms with Gasteiger partial charge in [0.15, 0.2) is 0 Å². The maximum absolute atomic E-state index is 12.2. The minimum absolute atomic E-state index is 0.121. The Morgan fingerprint density at radius 1 is 1.24 bits per heavy atom. The molecule has 1 aromatic carbocycles. The first-order valence-electron chi connectivity index (χ1n) is 7.48. The monoisotopic (exact) mass is 288 g/mol. The zero-order valence-electron chi connectivity index (χ0n) is 11.9. The van der Waals surface area contributed by atoms with Crippen molar-refractivity contribution in [1.29, 1.82) is 0 Å². The lowest BCUT2D eigenvalue weighted by molar-refractivity contribution is -0.143. The van der Waals surface area contributed by atoms with E-state index in [1.807, 2.05) is 18.2 Å². The van der Waals surface area contributed by atoms with E-state index in [1.165, 1.54) is 5.56 Å². The first-order valence-corrected chi connectivity index (χ1v) is 7.48. The summed E-state index contributed by atoms with van der Waals surface area (Å²) in [5, 5.41) is 12.1. The van der Waals surface area contributed by atoms with Gasteiger partial charge in [-0.15, -0.1) is 0 Å². The predicted molar refractivity (Wildman–Crippen MR) is 78.1 cm³/mol. The average molecular weight is 288 g/mol. The van der Waals surface area contributed by atoms with Crippen molar-refractivity contribution in [2.24, 2.45) is 5.92 Å². The molecule has 5 nitrogen and oxygen atoms in total. The molecule has 3 unspecified atom stereocenters. The second kappa shape index (κ2) is 5.76. The maximum atomic E-state index is 12.2. The first-order chi connectivity index (χ1) is 10.1. The number of nitrogens with zero attached hydrogens (tertiary/aromatic N) is 1. The Kier molecular flexibility index (Phi) is 3.82. The fraction of sp³-hybridized carbons (Fsp3) is 0.500. The second-order valence-corrected chi connectivity index (χ2v) is 5.93. The molecule has 1 aromatic rings. The van der Waals surface area contributed by atoms with Gasteiger partial charge in [0.2, 0.25) is 0 Å². The number of carboxylic acid groups (broad SMARTS) is 1. The van der Waals surface area contributed by atoms with Gasteiger partial charge in [0, 0.05) is 25.0 Å². The number of hydrogen-bond donors (Lipinski definition) is 2. The van der Waals surface area contributed by atoms with Crippen molar-refractivity contribution in [1.82, 2.24) is 10.2 Å². The summed E-state index contributed by atoms with van der Waals surface area (Å²) in [6, 6.07) is 10.2. The quantitative estimate of drug-likeness (QED) is 0.894. The van der Waals surface area contributed by atoms with E-state index in [0.717, 1.165) is 12.8 Å². The molecule has 5 heteroatoms. The van der Waals surface area contributed by atoms with Crippen LogP contribution in [0.3, 0.4) is 0 Å². The number of hydrogen-bond acceptors (Lipinski definition) is 2. The van der Waals surface area contributed by atoms with Crippen LogP contribution >= 0.6 is 0 Å². The van der Waals surface area contributed by atoms with Crippen LogP contribution in [0.1, 0.15) is 30.7 Å². The van der Waals surface area contributed by atoms with Crippen LogP contribution in [0.25, 0.3) is 0 Å². The molecular weight excluding hydrogens is 268 g/mol. The molecule has 1 aliphatic heterocycles.